The molecule has 4 nitrogen and oxygen atoms in total. The smallest absolute Gasteiger partial charge is 0.270 e. The zero-order valence-electron chi connectivity index (χ0n) is 14.1. The quantitative estimate of drug-likeness (QED) is 0.766. The molecule has 0 aliphatic carbocycles. The number of piperidine rings is 1. The van der Waals surface area contributed by atoms with Gasteiger partial charge in [0.05, 0.1) is 6.10 Å². The van der Waals surface area contributed by atoms with E-state index in [2.05, 4.69) is 4.98 Å². The third-order valence-corrected chi connectivity index (χ3v) is 5.17. The first-order valence-electron chi connectivity index (χ1n) is 8.82. The summed E-state index contributed by atoms with van der Waals surface area (Å²) in [6.07, 6.45) is 1.19. The first-order chi connectivity index (χ1) is 12.2. The van der Waals surface area contributed by atoms with E-state index in [0.29, 0.717) is 18.8 Å². The fourth-order valence-corrected chi connectivity index (χ4v) is 3.70. The number of aromatic amines is 1. The Hall–Kier alpha value is -2.59. The van der Waals surface area contributed by atoms with E-state index in [1.54, 1.807) is 0 Å². The molecule has 0 spiro atoms. The van der Waals surface area contributed by atoms with Gasteiger partial charge >= 0.3 is 0 Å². The maximum atomic E-state index is 12.7. The fourth-order valence-electron chi connectivity index (χ4n) is 3.70. The molecule has 1 atom stereocenters. The van der Waals surface area contributed by atoms with Crippen LogP contribution in [0.5, 0.6) is 0 Å². The highest BCUT2D eigenvalue weighted by Crippen LogP contribution is 2.31. The van der Waals surface area contributed by atoms with Crippen molar-refractivity contribution in [3.05, 3.63) is 71.9 Å². The van der Waals surface area contributed by atoms with Crippen molar-refractivity contribution >= 4 is 16.8 Å². The van der Waals surface area contributed by atoms with Crippen molar-refractivity contribution < 1.29 is 9.90 Å². The number of H-pyrrole nitrogens is 1. The summed E-state index contributed by atoms with van der Waals surface area (Å²) in [6.45, 7) is 1.37. The lowest BCUT2D eigenvalue weighted by Crippen LogP contribution is -2.39. The van der Waals surface area contributed by atoms with Gasteiger partial charge in [-0.3, -0.25) is 4.79 Å². The average Bonchev–Trinajstić information content (AvgIpc) is 3.12. The van der Waals surface area contributed by atoms with E-state index in [1.807, 2.05) is 65.6 Å². The second kappa shape index (κ2) is 6.73. The van der Waals surface area contributed by atoms with Crippen LogP contribution in [0.15, 0.2) is 60.7 Å². The summed E-state index contributed by atoms with van der Waals surface area (Å²) in [7, 11) is 0. The molecule has 0 saturated carbocycles. The van der Waals surface area contributed by atoms with E-state index in [1.165, 1.54) is 0 Å². The minimum Gasteiger partial charge on any atom is -0.388 e. The molecule has 1 fully saturated rings. The highest BCUT2D eigenvalue weighted by atomic mass is 16.3. The molecule has 1 aliphatic heterocycles. The van der Waals surface area contributed by atoms with Crippen LogP contribution in [0.2, 0.25) is 0 Å². The van der Waals surface area contributed by atoms with Crippen LogP contribution in [-0.4, -0.2) is 34.0 Å². The number of amides is 1. The van der Waals surface area contributed by atoms with Gasteiger partial charge in [-0.25, -0.2) is 0 Å². The number of nitrogens with zero attached hydrogens (tertiary/aromatic N) is 1. The van der Waals surface area contributed by atoms with E-state index in [-0.39, 0.29) is 11.8 Å². The number of fused-ring (bicyclic) bond motifs is 1. The molecular formula is C21H22N2O2. The van der Waals surface area contributed by atoms with Crippen LogP contribution in [0.25, 0.3) is 10.9 Å². The topological polar surface area (TPSA) is 56.3 Å². The molecule has 3 aromatic rings. The maximum Gasteiger partial charge on any atom is 0.270 e. The Labute approximate surface area is 147 Å². The monoisotopic (exact) mass is 334 g/mol. The Morgan fingerprint density at radius 3 is 2.44 bits per heavy atom. The second-order valence-electron chi connectivity index (χ2n) is 6.76. The molecule has 0 radical (unpaired) electrons. The number of hydrogen-bond acceptors (Lipinski definition) is 2. The standard InChI is InChI=1S/C21H22N2O2/c24-20(15-6-2-1-3-7-15)16-10-12-23(13-11-16)21(25)19-14-17-8-4-5-9-18(17)22-19/h1-9,14,16,20,22,24H,10-13H2. The molecule has 1 saturated heterocycles. The van der Waals surface area contributed by atoms with Crippen LogP contribution in [0, 0.1) is 5.92 Å². The summed E-state index contributed by atoms with van der Waals surface area (Å²) in [6, 6.07) is 19.6. The van der Waals surface area contributed by atoms with Crippen molar-refractivity contribution in [2.24, 2.45) is 5.92 Å². The Bertz CT molecular complexity index is 831. The van der Waals surface area contributed by atoms with Crippen molar-refractivity contribution in [2.45, 2.75) is 18.9 Å². The second-order valence-corrected chi connectivity index (χ2v) is 6.76. The fraction of sp³-hybridized carbons (Fsp3) is 0.286. The molecule has 2 N–H and O–H groups in total. The van der Waals surface area contributed by atoms with E-state index in [4.69, 9.17) is 0 Å². The van der Waals surface area contributed by atoms with Crippen molar-refractivity contribution in [1.29, 1.82) is 0 Å². The normalized spacial score (nSPS) is 16.9. The molecule has 128 valence electrons. The van der Waals surface area contributed by atoms with Crippen molar-refractivity contribution in [3.8, 4) is 0 Å². The molecule has 2 heterocycles. The summed E-state index contributed by atoms with van der Waals surface area (Å²) in [5.41, 5.74) is 2.59. The number of aliphatic hydroxyl groups excluding tert-OH is 1. The highest BCUT2D eigenvalue weighted by molar-refractivity contribution is 5.98. The largest absolute Gasteiger partial charge is 0.388 e. The molecule has 1 aliphatic rings. The van der Waals surface area contributed by atoms with Gasteiger partial charge in [0.25, 0.3) is 5.91 Å². The van der Waals surface area contributed by atoms with E-state index < -0.39 is 6.10 Å². The van der Waals surface area contributed by atoms with Gasteiger partial charge in [-0.15, -0.1) is 0 Å². The SMILES string of the molecule is O=C(c1cc2ccccc2[nH]1)N1CCC(C(O)c2ccccc2)CC1. The summed E-state index contributed by atoms with van der Waals surface area (Å²) in [5.74, 6) is 0.248. The third-order valence-electron chi connectivity index (χ3n) is 5.17. The van der Waals surface area contributed by atoms with Gasteiger partial charge in [-0.1, -0.05) is 48.5 Å². The minimum absolute atomic E-state index is 0.0452. The van der Waals surface area contributed by atoms with Gasteiger partial charge in [0, 0.05) is 24.0 Å². The predicted molar refractivity (Wildman–Crippen MR) is 98.3 cm³/mol. The number of aliphatic hydroxyl groups is 1. The zero-order chi connectivity index (χ0) is 17.2. The van der Waals surface area contributed by atoms with E-state index in [0.717, 1.165) is 29.3 Å². The van der Waals surface area contributed by atoms with Crippen LogP contribution < -0.4 is 0 Å². The Morgan fingerprint density at radius 1 is 1.04 bits per heavy atom. The molecule has 4 rings (SSSR count). The molecule has 1 unspecified atom stereocenters. The molecule has 2 aromatic carbocycles. The number of carbonyl (C=O) groups is 1. The molecule has 0 bridgehead atoms. The van der Waals surface area contributed by atoms with Gasteiger partial charge in [0.2, 0.25) is 0 Å². The number of para-hydroxylation sites is 1. The zero-order valence-corrected chi connectivity index (χ0v) is 14.1. The third kappa shape index (κ3) is 3.17. The first kappa shape index (κ1) is 15.9. The number of carbonyl (C=O) groups excluding carboxylic acids is 1. The Balaban J connectivity index is 1.42. The summed E-state index contributed by atoms with van der Waals surface area (Å²) >= 11 is 0. The minimum atomic E-state index is -0.452. The van der Waals surface area contributed by atoms with Crippen molar-refractivity contribution in [3.63, 3.8) is 0 Å². The molecule has 4 heteroatoms. The number of likely N-dealkylation sites (tertiary alicyclic amines) is 1. The van der Waals surface area contributed by atoms with E-state index >= 15 is 0 Å². The molecule has 1 amide bonds. The molecular weight excluding hydrogens is 312 g/mol. The summed E-state index contributed by atoms with van der Waals surface area (Å²) in [5, 5.41) is 11.6. The average molecular weight is 334 g/mol. The number of benzene rings is 2. The van der Waals surface area contributed by atoms with Gasteiger partial charge < -0.3 is 15.0 Å². The number of hydrogen-bond donors (Lipinski definition) is 2. The van der Waals surface area contributed by atoms with Crippen molar-refractivity contribution in [2.75, 3.05) is 13.1 Å². The van der Waals surface area contributed by atoms with Crippen LogP contribution in [0.3, 0.4) is 0 Å². The number of rotatable bonds is 3. The Morgan fingerprint density at radius 2 is 1.72 bits per heavy atom. The summed E-state index contributed by atoms with van der Waals surface area (Å²) in [4.78, 5) is 17.8. The van der Waals surface area contributed by atoms with Crippen LogP contribution in [0.1, 0.15) is 35.0 Å². The Kier molecular flexibility index (Phi) is 4.28. The van der Waals surface area contributed by atoms with E-state index in [9.17, 15) is 9.90 Å². The highest BCUT2D eigenvalue weighted by Gasteiger charge is 2.29. The lowest BCUT2D eigenvalue weighted by atomic mass is 9.87. The summed E-state index contributed by atoms with van der Waals surface area (Å²) < 4.78 is 0. The van der Waals surface area contributed by atoms with Gasteiger partial charge in [0.15, 0.2) is 0 Å². The lowest BCUT2D eigenvalue weighted by Gasteiger charge is -2.34. The predicted octanol–water partition coefficient (Wildman–Crippen LogP) is 3.75. The van der Waals surface area contributed by atoms with Gasteiger partial charge in [0.1, 0.15) is 5.69 Å². The molecule has 25 heavy (non-hydrogen) atoms. The maximum absolute atomic E-state index is 12.7. The first-order valence-corrected chi connectivity index (χ1v) is 8.82. The molecule has 1 aromatic heterocycles. The number of nitrogens with one attached hydrogen (secondary N) is 1. The van der Waals surface area contributed by atoms with Gasteiger partial charge in [-0.05, 0) is 36.5 Å². The lowest BCUT2D eigenvalue weighted by molar-refractivity contribution is 0.0459. The number of aromatic nitrogens is 1. The van der Waals surface area contributed by atoms with Crippen LogP contribution >= 0.6 is 0 Å². The van der Waals surface area contributed by atoms with Crippen molar-refractivity contribution in [1.82, 2.24) is 9.88 Å². The van der Waals surface area contributed by atoms with Crippen LogP contribution in [-0.2, 0) is 0 Å². The van der Waals surface area contributed by atoms with Gasteiger partial charge in [-0.2, -0.15) is 0 Å². The van der Waals surface area contributed by atoms with Crippen LogP contribution in [0.4, 0.5) is 0 Å².